The predicted octanol–water partition coefficient (Wildman–Crippen LogP) is 4.27. The molecule has 0 bridgehead atoms. The quantitative estimate of drug-likeness (QED) is 0.677. The standard InChI is InChI=1S/C21H23ClN4OS/c1-2-23-16-8-6-15(7-9-16)14-19(27)25-10-12-26(13-11-25)21-24-20-17(22)4-3-5-18(20)28-21/h3-9,23H,2,10-14H2,1H3. The molecule has 1 aliphatic rings. The zero-order valence-electron chi connectivity index (χ0n) is 15.8. The van der Waals surface area contributed by atoms with Crippen LogP contribution >= 0.6 is 22.9 Å². The van der Waals surface area contributed by atoms with Crippen molar-refractivity contribution in [3.05, 3.63) is 53.1 Å². The van der Waals surface area contributed by atoms with Gasteiger partial charge in [-0.3, -0.25) is 4.79 Å². The van der Waals surface area contributed by atoms with E-state index in [1.165, 1.54) is 0 Å². The van der Waals surface area contributed by atoms with E-state index in [0.29, 0.717) is 11.4 Å². The van der Waals surface area contributed by atoms with Crippen LogP contribution in [0.5, 0.6) is 0 Å². The molecule has 1 N–H and O–H groups in total. The minimum Gasteiger partial charge on any atom is -0.385 e. The highest BCUT2D eigenvalue weighted by Gasteiger charge is 2.23. The van der Waals surface area contributed by atoms with Gasteiger partial charge in [-0.05, 0) is 36.8 Å². The van der Waals surface area contributed by atoms with E-state index >= 15 is 0 Å². The Hall–Kier alpha value is -2.31. The van der Waals surface area contributed by atoms with E-state index in [4.69, 9.17) is 16.6 Å². The molecule has 1 aliphatic heterocycles. The normalized spacial score (nSPS) is 14.5. The lowest BCUT2D eigenvalue weighted by molar-refractivity contribution is -0.130. The molecule has 1 fully saturated rings. The number of thiazole rings is 1. The van der Waals surface area contributed by atoms with Crippen LogP contribution in [0.15, 0.2) is 42.5 Å². The summed E-state index contributed by atoms with van der Waals surface area (Å²) < 4.78 is 1.10. The van der Waals surface area contributed by atoms with E-state index in [-0.39, 0.29) is 5.91 Å². The number of carbonyl (C=O) groups excluding carboxylic acids is 1. The Balaban J connectivity index is 1.35. The zero-order chi connectivity index (χ0) is 19.5. The third kappa shape index (κ3) is 4.08. The van der Waals surface area contributed by atoms with E-state index < -0.39 is 0 Å². The lowest BCUT2D eigenvalue weighted by atomic mass is 10.1. The van der Waals surface area contributed by atoms with Crippen LogP contribution in [0.1, 0.15) is 12.5 Å². The van der Waals surface area contributed by atoms with Gasteiger partial charge in [0.05, 0.1) is 16.1 Å². The Bertz CT molecular complexity index is 964. The van der Waals surface area contributed by atoms with Crippen LogP contribution in [-0.2, 0) is 11.2 Å². The second-order valence-electron chi connectivity index (χ2n) is 6.85. The van der Waals surface area contributed by atoms with Crippen LogP contribution in [0.2, 0.25) is 5.02 Å². The first-order chi connectivity index (χ1) is 13.6. The Labute approximate surface area is 173 Å². The maximum absolute atomic E-state index is 12.7. The van der Waals surface area contributed by atoms with Gasteiger partial charge in [-0.15, -0.1) is 0 Å². The van der Waals surface area contributed by atoms with Gasteiger partial charge in [-0.1, -0.05) is 41.1 Å². The van der Waals surface area contributed by atoms with Crippen molar-refractivity contribution in [2.75, 3.05) is 42.9 Å². The SMILES string of the molecule is CCNc1ccc(CC(=O)N2CCN(c3nc4c(Cl)cccc4s3)CC2)cc1. The highest BCUT2D eigenvalue weighted by molar-refractivity contribution is 7.22. The molecule has 0 spiro atoms. The number of amides is 1. The monoisotopic (exact) mass is 414 g/mol. The molecule has 2 heterocycles. The molecule has 146 valence electrons. The summed E-state index contributed by atoms with van der Waals surface area (Å²) in [6, 6.07) is 14.0. The average Bonchev–Trinajstić information content (AvgIpc) is 3.16. The maximum atomic E-state index is 12.7. The van der Waals surface area contributed by atoms with Gasteiger partial charge >= 0.3 is 0 Å². The fraction of sp³-hybridized carbons (Fsp3) is 0.333. The number of benzene rings is 2. The Morgan fingerprint density at radius 1 is 1.14 bits per heavy atom. The van der Waals surface area contributed by atoms with Gasteiger partial charge in [-0.25, -0.2) is 4.98 Å². The number of rotatable bonds is 5. The van der Waals surface area contributed by atoms with E-state index in [0.717, 1.165) is 59.3 Å². The Morgan fingerprint density at radius 3 is 2.57 bits per heavy atom. The lowest BCUT2D eigenvalue weighted by Gasteiger charge is -2.34. The second-order valence-corrected chi connectivity index (χ2v) is 8.27. The molecule has 0 unspecified atom stereocenters. The summed E-state index contributed by atoms with van der Waals surface area (Å²) in [5.74, 6) is 0.184. The van der Waals surface area contributed by atoms with E-state index in [1.54, 1.807) is 11.3 Å². The van der Waals surface area contributed by atoms with E-state index in [2.05, 4.69) is 17.1 Å². The number of anilines is 2. The summed E-state index contributed by atoms with van der Waals surface area (Å²) in [6.45, 7) is 5.99. The second kappa shape index (κ2) is 8.37. The summed E-state index contributed by atoms with van der Waals surface area (Å²) in [6.07, 6.45) is 0.448. The van der Waals surface area contributed by atoms with Crippen LogP contribution in [0, 0.1) is 0 Å². The summed E-state index contributed by atoms with van der Waals surface area (Å²) in [5, 5.41) is 4.94. The van der Waals surface area contributed by atoms with Crippen LogP contribution in [0.3, 0.4) is 0 Å². The van der Waals surface area contributed by atoms with Gasteiger partial charge in [-0.2, -0.15) is 0 Å². The molecule has 0 radical (unpaired) electrons. The fourth-order valence-electron chi connectivity index (χ4n) is 3.42. The fourth-order valence-corrected chi connectivity index (χ4v) is 4.73. The number of hydrogen-bond donors (Lipinski definition) is 1. The van der Waals surface area contributed by atoms with Gasteiger partial charge in [0.15, 0.2) is 5.13 Å². The number of fused-ring (bicyclic) bond motifs is 1. The number of halogens is 1. The van der Waals surface area contributed by atoms with Crippen LogP contribution in [0.25, 0.3) is 10.2 Å². The minimum atomic E-state index is 0.184. The molecule has 0 atom stereocenters. The Kier molecular flexibility index (Phi) is 5.69. The van der Waals surface area contributed by atoms with Gasteiger partial charge in [0, 0.05) is 38.4 Å². The van der Waals surface area contributed by atoms with Gasteiger partial charge in [0.1, 0.15) is 5.52 Å². The van der Waals surface area contributed by atoms with Crippen LogP contribution < -0.4 is 10.2 Å². The molecule has 28 heavy (non-hydrogen) atoms. The molecule has 1 amide bonds. The summed E-state index contributed by atoms with van der Waals surface area (Å²) in [7, 11) is 0. The molecular formula is C21H23ClN4OS. The predicted molar refractivity (Wildman–Crippen MR) is 118 cm³/mol. The number of nitrogens with one attached hydrogen (secondary N) is 1. The van der Waals surface area contributed by atoms with Crippen molar-refractivity contribution < 1.29 is 4.79 Å². The molecule has 0 aliphatic carbocycles. The van der Waals surface area contributed by atoms with Crippen molar-refractivity contribution in [1.82, 2.24) is 9.88 Å². The van der Waals surface area contributed by atoms with Crippen molar-refractivity contribution in [3.8, 4) is 0 Å². The van der Waals surface area contributed by atoms with Crippen molar-refractivity contribution in [2.24, 2.45) is 0 Å². The highest BCUT2D eigenvalue weighted by atomic mass is 35.5. The van der Waals surface area contributed by atoms with Crippen LogP contribution in [-0.4, -0.2) is 48.5 Å². The number of para-hydroxylation sites is 1. The number of nitrogens with zero attached hydrogens (tertiary/aromatic N) is 3. The molecule has 5 nitrogen and oxygen atoms in total. The maximum Gasteiger partial charge on any atom is 0.227 e. The molecular weight excluding hydrogens is 392 g/mol. The largest absolute Gasteiger partial charge is 0.385 e. The number of piperazine rings is 1. The number of carbonyl (C=O) groups is 1. The van der Waals surface area contributed by atoms with Crippen molar-refractivity contribution in [3.63, 3.8) is 0 Å². The average molecular weight is 415 g/mol. The van der Waals surface area contributed by atoms with E-state index in [1.807, 2.05) is 47.4 Å². The summed E-state index contributed by atoms with van der Waals surface area (Å²) in [5.41, 5.74) is 3.00. The molecule has 1 aromatic heterocycles. The van der Waals surface area contributed by atoms with Gasteiger partial charge in [0.25, 0.3) is 0 Å². The summed E-state index contributed by atoms with van der Waals surface area (Å²) in [4.78, 5) is 21.6. The first kappa shape index (κ1) is 19.0. The first-order valence-corrected chi connectivity index (χ1v) is 10.7. The molecule has 7 heteroatoms. The molecule has 4 rings (SSSR count). The first-order valence-electron chi connectivity index (χ1n) is 9.54. The van der Waals surface area contributed by atoms with Gasteiger partial charge in [0.2, 0.25) is 5.91 Å². The van der Waals surface area contributed by atoms with Gasteiger partial charge < -0.3 is 15.1 Å². The molecule has 1 saturated heterocycles. The smallest absolute Gasteiger partial charge is 0.227 e. The number of aromatic nitrogens is 1. The zero-order valence-corrected chi connectivity index (χ0v) is 17.4. The van der Waals surface area contributed by atoms with Crippen molar-refractivity contribution in [1.29, 1.82) is 0 Å². The number of hydrogen-bond acceptors (Lipinski definition) is 5. The topological polar surface area (TPSA) is 48.5 Å². The third-order valence-electron chi connectivity index (χ3n) is 4.95. The lowest BCUT2D eigenvalue weighted by Crippen LogP contribution is -2.49. The molecule has 2 aromatic carbocycles. The van der Waals surface area contributed by atoms with Crippen molar-refractivity contribution >= 4 is 49.9 Å². The minimum absolute atomic E-state index is 0.184. The highest BCUT2D eigenvalue weighted by Crippen LogP contribution is 2.33. The third-order valence-corrected chi connectivity index (χ3v) is 6.34. The van der Waals surface area contributed by atoms with E-state index in [9.17, 15) is 4.79 Å². The van der Waals surface area contributed by atoms with Crippen LogP contribution in [0.4, 0.5) is 10.8 Å². The Morgan fingerprint density at radius 2 is 1.89 bits per heavy atom. The van der Waals surface area contributed by atoms with Crippen molar-refractivity contribution in [2.45, 2.75) is 13.3 Å². The summed E-state index contributed by atoms with van der Waals surface area (Å²) >= 11 is 7.90. The molecule has 0 saturated carbocycles. The molecule has 3 aromatic rings.